The summed E-state index contributed by atoms with van der Waals surface area (Å²) in [5.41, 5.74) is 3.68. The Balaban J connectivity index is 0.00000210. The van der Waals surface area contributed by atoms with Crippen molar-refractivity contribution in [1.29, 1.82) is 0 Å². The summed E-state index contributed by atoms with van der Waals surface area (Å²) in [6.45, 7) is 6.54. The van der Waals surface area contributed by atoms with Crippen molar-refractivity contribution in [2.24, 2.45) is 0 Å². The zero-order chi connectivity index (χ0) is 25.8. The van der Waals surface area contributed by atoms with E-state index in [2.05, 4.69) is 15.9 Å². The van der Waals surface area contributed by atoms with Gasteiger partial charge in [-0.2, -0.15) is 0 Å². The van der Waals surface area contributed by atoms with E-state index in [9.17, 15) is 9.90 Å². The second-order valence-electron chi connectivity index (χ2n) is 9.63. The number of piperazine rings is 1. The number of methoxy groups -OCH3 is 1. The molecule has 3 aromatic carbocycles. The van der Waals surface area contributed by atoms with Crippen LogP contribution in [0, 0.1) is 6.92 Å². The largest absolute Gasteiger partial charge is 0.495 e. The molecule has 3 N–H and O–H groups in total. The predicted octanol–water partition coefficient (Wildman–Crippen LogP) is 5.01. The van der Waals surface area contributed by atoms with Crippen LogP contribution in [0.3, 0.4) is 0 Å². The topological polar surface area (TPSA) is 97.7 Å². The third-order valence-electron chi connectivity index (χ3n) is 7.32. The SMILES string of the molecule is COc1ccccc1N1CCN(CCCC(O)c2cccc3c(=O)c(C)c(-c4ccccc4)oc23)CC1.Cl.O. The molecule has 0 saturated carbocycles. The number of halogens is 1. The molecule has 4 aromatic rings. The summed E-state index contributed by atoms with van der Waals surface area (Å²) in [4.78, 5) is 17.9. The summed E-state index contributed by atoms with van der Waals surface area (Å²) in [5, 5.41) is 11.6. The van der Waals surface area contributed by atoms with E-state index in [-0.39, 0.29) is 23.3 Å². The molecule has 2 heterocycles. The monoisotopic (exact) mass is 552 g/mol. The fraction of sp³-hybridized carbons (Fsp3) is 0.323. The standard InChI is InChI=1S/C31H34N2O4.ClH.H2O/c1-22-29(35)25-13-8-12-24(31(25)37-30(22)23-10-4-3-5-11-23)27(34)15-9-17-32-18-20-33(21-19-32)26-14-6-7-16-28(26)36-2;;/h3-8,10-14,16,27,34H,9,15,17-21H2,1-2H3;1H;1H2. The highest BCUT2D eigenvalue weighted by Gasteiger charge is 2.21. The Hall–Kier alpha value is -3.36. The van der Waals surface area contributed by atoms with E-state index in [0.717, 1.165) is 56.1 Å². The fourth-order valence-corrected chi connectivity index (χ4v) is 5.23. The van der Waals surface area contributed by atoms with Gasteiger partial charge < -0.3 is 24.6 Å². The quantitative estimate of drug-likeness (QED) is 0.330. The van der Waals surface area contributed by atoms with Crippen molar-refractivity contribution in [3.05, 3.63) is 94.1 Å². The van der Waals surface area contributed by atoms with E-state index in [1.54, 1.807) is 20.1 Å². The molecule has 1 fully saturated rings. The fourth-order valence-electron chi connectivity index (χ4n) is 5.23. The second kappa shape index (κ2) is 13.6. The second-order valence-corrected chi connectivity index (χ2v) is 9.63. The van der Waals surface area contributed by atoms with Crippen LogP contribution in [-0.4, -0.2) is 55.3 Å². The molecule has 5 rings (SSSR count). The summed E-state index contributed by atoms with van der Waals surface area (Å²) < 4.78 is 11.8. The Bertz CT molecular complexity index is 1420. The first-order chi connectivity index (χ1) is 18.1. The lowest BCUT2D eigenvalue weighted by atomic mass is 9.99. The van der Waals surface area contributed by atoms with Gasteiger partial charge in [-0.3, -0.25) is 9.69 Å². The number of rotatable bonds is 8. The number of aliphatic hydroxyl groups is 1. The van der Waals surface area contributed by atoms with E-state index in [1.165, 1.54) is 0 Å². The van der Waals surface area contributed by atoms with Gasteiger partial charge in [-0.1, -0.05) is 54.6 Å². The average Bonchev–Trinajstić information content (AvgIpc) is 2.95. The maximum Gasteiger partial charge on any atom is 0.196 e. The summed E-state index contributed by atoms with van der Waals surface area (Å²) in [6, 6.07) is 23.3. The number of aliphatic hydroxyl groups excluding tert-OH is 1. The zero-order valence-electron chi connectivity index (χ0n) is 22.4. The highest BCUT2D eigenvalue weighted by molar-refractivity contribution is 5.85. The molecule has 0 aliphatic carbocycles. The van der Waals surface area contributed by atoms with Crippen LogP contribution in [-0.2, 0) is 0 Å². The molecular formula is C31H37ClN2O5. The van der Waals surface area contributed by atoms with Crippen molar-refractivity contribution in [3.63, 3.8) is 0 Å². The summed E-state index contributed by atoms with van der Waals surface area (Å²) in [7, 11) is 1.71. The zero-order valence-corrected chi connectivity index (χ0v) is 23.2. The van der Waals surface area contributed by atoms with Gasteiger partial charge in [-0.15, -0.1) is 12.4 Å². The van der Waals surface area contributed by atoms with Gasteiger partial charge in [0.2, 0.25) is 0 Å². The number of anilines is 1. The third-order valence-corrected chi connectivity index (χ3v) is 7.32. The first kappa shape index (κ1) is 30.2. The molecule has 1 aliphatic rings. The molecule has 7 nitrogen and oxygen atoms in total. The van der Waals surface area contributed by atoms with Crippen LogP contribution in [0.15, 0.2) is 82.0 Å². The van der Waals surface area contributed by atoms with Crippen molar-refractivity contribution in [1.82, 2.24) is 4.90 Å². The van der Waals surface area contributed by atoms with Crippen LogP contribution in [0.2, 0.25) is 0 Å². The van der Waals surface area contributed by atoms with Crippen molar-refractivity contribution in [3.8, 4) is 17.1 Å². The Morgan fingerprint density at radius 1 is 0.949 bits per heavy atom. The number of benzene rings is 3. The Morgan fingerprint density at radius 2 is 1.64 bits per heavy atom. The Morgan fingerprint density at radius 3 is 2.36 bits per heavy atom. The van der Waals surface area contributed by atoms with Gasteiger partial charge in [-0.25, -0.2) is 0 Å². The predicted molar refractivity (Wildman–Crippen MR) is 159 cm³/mol. The molecule has 0 spiro atoms. The van der Waals surface area contributed by atoms with Gasteiger partial charge in [0.15, 0.2) is 5.43 Å². The van der Waals surface area contributed by atoms with Gasteiger partial charge in [0.1, 0.15) is 17.1 Å². The molecular weight excluding hydrogens is 516 g/mol. The smallest absolute Gasteiger partial charge is 0.196 e. The molecule has 39 heavy (non-hydrogen) atoms. The maximum absolute atomic E-state index is 13.1. The third kappa shape index (κ3) is 6.45. The molecule has 0 bridgehead atoms. The molecule has 1 saturated heterocycles. The minimum absolute atomic E-state index is 0. The molecule has 1 aliphatic heterocycles. The highest BCUT2D eigenvalue weighted by atomic mass is 35.5. The van der Waals surface area contributed by atoms with Gasteiger partial charge >= 0.3 is 0 Å². The van der Waals surface area contributed by atoms with Crippen molar-refractivity contribution >= 4 is 29.1 Å². The molecule has 1 unspecified atom stereocenters. The number of hydrogen-bond donors (Lipinski definition) is 1. The van der Waals surface area contributed by atoms with E-state index < -0.39 is 6.10 Å². The number of para-hydroxylation sites is 3. The first-order valence-electron chi connectivity index (χ1n) is 13.0. The number of nitrogens with zero attached hydrogens (tertiary/aromatic N) is 2. The molecule has 0 radical (unpaired) electrons. The number of fused-ring (bicyclic) bond motifs is 1. The minimum Gasteiger partial charge on any atom is -0.495 e. The molecule has 0 amide bonds. The first-order valence-corrected chi connectivity index (χ1v) is 13.0. The summed E-state index contributed by atoms with van der Waals surface area (Å²) in [6.07, 6.45) is 0.755. The lowest BCUT2D eigenvalue weighted by Gasteiger charge is -2.36. The maximum atomic E-state index is 13.1. The molecule has 1 aromatic heterocycles. The van der Waals surface area contributed by atoms with Crippen LogP contribution >= 0.6 is 12.4 Å². The van der Waals surface area contributed by atoms with E-state index in [4.69, 9.17) is 9.15 Å². The number of hydrogen-bond acceptors (Lipinski definition) is 6. The van der Waals surface area contributed by atoms with Gasteiger partial charge in [-0.05, 0) is 44.5 Å². The van der Waals surface area contributed by atoms with Gasteiger partial charge in [0.05, 0.1) is 24.3 Å². The van der Waals surface area contributed by atoms with Crippen LogP contribution in [0.5, 0.6) is 5.75 Å². The molecule has 208 valence electrons. The number of ether oxygens (including phenoxy) is 1. The summed E-state index contributed by atoms with van der Waals surface area (Å²) in [5.74, 6) is 1.47. The van der Waals surface area contributed by atoms with Gasteiger partial charge in [0.25, 0.3) is 0 Å². The van der Waals surface area contributed by atoms with Crippen molar-refractivity contribution in [2.45, 2.75) is 25.9 Å². The lowest BCUT2D eigenvalue weighted by molar-refractivity contribution is 0.154. The van der Waals surface area contributed by atoms with E-state index in [0.29, 0.717) is 34.3 Å². The van der Waals surface area contributed by atoms with Crippen LogP contribution in [0.1, 0.15) is 30.1 Å². The highest BCUT2D eigenvalue weighted by Crippen LogP contribution is 2.32. The lowest BCUT2D eigenvalue weighted by Crippen LogP contribution is -2.46. The molecule has 1 atom stereocenters. The van der Waals surface area contributed by atoms with Crippen LogP contribution in [0.4, 0.5) is 5.69 Å². The van der Waals surface area contributed by atoms with Crippen molar-refractivity contribution < 1.29 is 19.7 Å². The normalized spacial score (nSPS) is 14.4. The Labute approximate surface area is 235 Å². The van der Waals surface area contributed by atoms with E-state index >= 15 is 0 Å². The van der Waals surface area contributed by atoms with E-state index in [1.807, 2.05) is 60.7 Å². The minimum atomic E-state index is -0.701. The summed E-state index contributed by atoms with van der Waals surface area (Å²) >= 11 is 0. The van der Waals surface area contributed by atoms with Crippen molar-refractivity contribution in [2.75, 3.05) is 44.7 Å². The molecule has 8 heteroatoms. The van der Waals surface area contributed by atoms with Crippen LogP contribution < -0.4 is 15.1 Å². The Kier molecular flexibility index (Phi) is 10.5. The van der Waals surface area contributed by atoms with Gasteiger partial charge in [0, 0.05) is 42.9 Å². The van der Waals surface area contributed by atoms with Crippen LogP contribution in [0.25, 0.3) is 22.3 Å². The average molecular weight is 553 g/mol.